The number of amides is 1. The van der Waals surface area contributed by atoms with Gasteiger partial charge in [0.2, 0.25) is 5.13 Å². The number of nitrogens with one attached hydrogen (secondary N) is 2. The second kappa shape index (κ2) is 7.38. The second-order valence-corrected chi connectivity index (χ2v) is 7.86. The number of aromatic nitrogens is 3. The fraction of sp³-hybridized carbons (Fsp3) is 0.294. The SMILES string of the molecule is COc1ccc(Cc2nnc(NC(=O)c3csc(NC4CC4)n3)s2)cc1. The fourth-order valence-corrected chi connectivity index (χ4v) is 3.84. The molecule has 9 heteroatoms. The molecule has 2 aromatic heterocycles. The van der Waals surface area contributed by atoms with Crippen LogP contribution in [0.2, 0.25) is 0 Å². The quantitative estimate of drug-likeness (QED) is 0.646. The van der Waals surface area contributed by atoms with Crippen molar-refractivity contribution in [3.05, 3.63) is 45.9 Å². The van der Waals surface area contributed by atoms with E-state index in [1.807, 2.05) is 24.3 Å². The summed E-state index contributed by atoms with van der Waals surface area (Å²) in [6.45, 7) is 0. The molecule has 1 aliphatic carbocycles. The summed E-state index contributed by atoms with van der Waals surface area (Å²) >= 11 is 2.80. The minimum Gasteiger partial charge on any atom is -0.497 e. The number of nitrogens with zero attached hydrogens (tertiary/aromatic N) is 3. The monoisotopic (exact) mass is 387 g/mol. The van der Waals surface area contributed by atoms with Gasteiger partial charge in [0.1, 0.15) is 16.5 Å². The molecule has 7 nitrogen and oxygen atoms in total. The Morgan fingerprint density at radius 3 is 2.77 bits per heavy atom. The van der Waals surface area contributed by atoms with Crippen molar-refractivity contribution >= 4 is 38.8 Å². The van der Waals surface area contributed by atoms with Crippen LogP contribution in [0, 0.1) is 0 Å². The van der Waals surface area contributed by atoms with Gasteiger partial charge in [-0.15, -0.1) is 21.5 Å². The highest BCUT2D eigenvalue weighted by Crippen LogP contribution is 2.27. The van der Waals surface area contributed by atoms with Gasteiger partial charge in [-0.3, -0.25) is 10.1 Å². The van der Waals surface area contributed by atoms with Gasteiger partial charge in [0.15, 0.2) is 5.13 Å². The summed E-state index contributed by atoms with van der Waals surface area (Å²) in [6.07, 6.45) is 3.00. The van der Waals surface area contributed by atoms with E-state index < -0.39 is 0 Å². The van der Waals surface area contributed by atoms with Crippen molar-refractivity contribution in [1.82, 2.24) is 15.2 Å². The molecule has 0 atom stereocenters. The maximum atomic E-state index is 12.3. The highest BCUT2D eigenvalue weighted by Gasteiger charge is 2.22. The van der Waals surface area contributed by atoms with Gasteiger partial charge in [0, 0.05) is 17.8 Å². The number of anilines is 2. The van der Waals surface area contributed by atoms with E-state index in [4.69, 9.17) is 4.74 Å². The molecule has 1 saturated carbocycles. The molecular weight excluding hydrogens is 370 g/mol. The zero-order chi connectivity index (χ0) is 17.9. The van der Waals surface area contributed by atoms with E-state index in [0.29, 0.717) is 23.3 Å². The minimum atomic E-state index is -0.266. The molecule has 4 rings (SSSR count). The summed E-state index contributed by atoms with van der Waals surface area (Å²) in [5.41, 5.74) is 1.50. The summed E-state index contributed by atoms with van der Waals surface area (Å²) in [5.74, 6) is 0.551. The van der Waals surface area contributed by atoms with Crippen LogP contribution < -0.4 is 15.4 Å². The summed E-state index contributed by atoms with van der Waals surface area (Å²) < 4.78 is 5.15. The fourth-order valence-electron chi connectivity index (χ4n) is 2.30. The van der Waals surface area contributed by atoms with Crippen molar-refractivity contribution in [3.8, 4) is 5.75 Å². The van der Waals surface area contributed by atoms with E-state index >= 15 is 0 Å². The normalized spacial score (nSPS) is 13.4. The van der Waals surface area contributed by atoms with Crippen LogP contribution in [0.3, 0.4) is 0 Å². The van der Waals surface area contributed by atoms with E-state index in [9.17, 15) is 4.79 Å². The number of thiazole rings is 1. The first-order chi connectivity index (χ1) is 12.7. The van der Waals surface area contributed by atoms with Gasteiger partial charge in [-0.2, -0.15) is 0 Å². The lowest BCUT2D eigenvalue weighted by molar-refractivity contribution is 0.102. The summed E-state index contributed by atoms with van der Waals surface area (Å²) in [7, 11) is 1.64. The number of benzene rings is 1. The maximum absolute atomic E-state index is 12.3. The molecule has 134 valence electrons. The van der Waals surface area contributed by atoms with Gasteiger partial charge in [-0.1, -0.05) is 23.5 Å². The molecule has 0 radical (unpaired) electrons. The molecule has 1 aliphatic rings. The molecule has 1 amide bonds. The van der Waals surface area contributed by atoms with Crippen LogP contribution in [0.15, 0.2) is 29.6 Å². The van der Waals surface area contributed by atoms with E-state index in [1.165, 1.54) is 35.5 Å². The molecular formula is C17H17N5O2S2. The minimum absolute atomic E-state index is 0.266. The zero-order valence-electron chi connectivity index (χ0n) is 14.1. The third-order valence-corrected chi connectivity index (χ3v) is 5.46. The van der Waals surface area contributed by atoms with Crippen molar-refractivity contribution in [2.24, 2.45) is 0 Å². The smallest absolute Gasteiger partial charge is 0.277 e. The Hall–Kier alpha value is -2.52. The Labute approximate surface area is 158 Å². The lowest BCUT2D eigenvalue weighted by atomic mass is 10.1. The van der Waals surface area contributed by atoms with Gasteiger partial charge in [-0.25, -0.2) is 4.98 Å². The molecule has 0 bridgehead atoms. The van der Waals surface area contributed by atoms with Crippen molar-refractivity contribution in [2.45, 2.75) is 25.3 Å². The maximum Gasteiger partial charge on any atom is 0.277 e. The molecule has 26 heavy (non-hydrogen) atoms. The predicted molar refractivity (Wildman–Crippen MR) is 102 cm³/mol. The Balaban J connectivity index is 1.36. The Morgan fingerprint density at radius 1 is 1.23 bits per heavy atom. The summed E-state index contributed by atoms with van der Waals surface area (Å²) in [4.78, 5) is 16.6. The van der Waals surface area contributed by atoms with E-state index in [1.54, 1.807) is 12.5 Å². The number of hydrogen-bond donors (Lipinski definition) is 2. The predicted octanol–water partition coefficient (Wildman–Crippen LogP) is 3.42. The van der Waals surface area contributed by atoms with Crippen molar-refractivity contribution in [3.63, 3.8) is 0 Å². The molecule has 0 unspecified atom stereocenters. The van der Waals surface area contributed by atoms with Crippen LogP contribution >= 0.6 is 22.7 Å². The van der Waals surface area contributed by atoms with Gasteiger partial charge in [-0.05, 0) is 30.5 Å². The van der Waals surface area contributed by atoms with Crippen LogP contribution in [0.1, 0.15) is 33.9 Å². The molecule has 0 spiro atoms. The van der Waals surface area contributed by atoms with E-state index in [-0.39, 0.29) is 5.91 Å². The Bertz CT molecular complexity index is 902. The molecule has 2 N–H and O–H groups in total. The standard InChI is InChI=1S/C17H17N5O2S2/c1-24-12-6-2-10(3-7-12)8-14-21-22-17(26-14)20-15(23)13-9-25-16(19-13)18-11-4-5-11/h2-3,6-7,9,11H,4-5,8H2,1H3,(H,18,19)(H,20,22,23). The topological polar surface area (TPSA) is 89.0 Å². The van der Waals surface area contributed by atoms with Gasteiger partial charge in [0.05, 0.1) is 7.11 Å². The number of rotatable bonds is 7. The van der Waals surface area contributed by atoms with Gasteiger partial charge in [0.25, 0.3) is 5.91 Å². The lowest BCUT2D eigenvalue weighted by Gasteiger charge is -2.01. The van der Waals surface area contributed by atoms with Crippen LogP contribution in [0.25, 0.3) is 0 Å². The first-order valence-electron chi connectivity index (χ1n) is 8.18. The number of carbonyl (C=O) groups is 1. The zero-order valence-corrected chi connectivity index (χ0v) is 15.7. The summed E-state index contributed by atoms with van der Waals surface area (Å²) in [6, 6.07) is 8.31. The average Bonchev–Trinajstić information content (AvgIpc) is 3.15. The molecule has 1 fully saturated rings. The van der Waals surface area contributed by atoms with Gasteiger partial charge < -0.3 is 10.1 Å². The first-order valence-corrected chi connectivity index (χ1v) is 9.88. The highest BCUT2D eigenvalue weighted by molar-refractivity contribution is 7.15. The average molecular weight is 387 g/mol. The van der Waals surface area contributed by atoms with Gasteiger partial charge >= 0.3 is 0 Å². The molecule has 3 aromatic rings. The summed E-state index contributed by atoms with van der Waals surface area (Å²) in [5, 5.41) is 18.1. The second-order valence-electron chi connectivity index (χ2n) is 5.94. The van der Waals surface area contributed by atoms with E-state index in [2.05, 4.69) is 25.8 Å². The van der Waals surface area contributed by atoms with Crippen molar-refractivity contribution in [2.75, 3.05) is 17.7 Å². The number of methoxy groups -OCH3 is 1. The Morgan fingerprint density at radius 2 is 2.04 bits per heavy atom. The number of ether oxygens (including phenoxy) is 1. The van der Waals surface area contributed by atoms with E-state index in [0.717, 1.165) is 21.5 Å². The third-order valence-electron chi connectivity index (χ3n) is 3.84. The molecule has 2 heterocycles. The molecule has 1 aromatic carbocycles. The van der Waals surface area contributed by atoms with Crippen LogP contribution in [0.5, 0.6) is 5.75 Å². The first kappa shape index (κ1) is 16.9. The third kappa shape index (κ3) is 4.17. The highest BCUT2D eigenvalue weighted by atomic mass is 32.1. The Kier molecular flexibility index (Phi) is 4.81. The van der Waals surface area contributed by atoms with Crippen LogP contribution in [0.4, 0.5) is 10.3 Å². The number of carbonyl (C=O) groups excluding carboxylic acids is 1. The molecule has 0 aliphatic heterocycles. The van der Waals surface area contributed by atoms with Crippen LogP contribution in [-0.2, 0) is 6.42 Å². The van der Waals surface area contributed by atoms with Crippen molar-refractivity contribution < 1.29 is 9.53 Å². The van der Waals surface area contributed by atoms with Crippen LogP contribution in [-0.4, -0.2) is 34.2 Å². The van der Waals surface area contributed by atoms with Crippen molar-refractivity contribution in [1.29, 1.82) is 0 Å². The lowest BCUT2D eigenvalue weighted by Crippen LogP contribution is -2.12. The molecule has 0 saturated heterocycles. The number of hydrogen-bond acceptors (Lipinski definition) is 8. The largest absolute Gasteiger partial charge is 0.497 e.